The van der Waals surface area contributed by atoms with Gasteiger partial charge < -0.3 is 9.84 Å². The highest BCUT2D eigenvalue weighted by Gasteiger charge is 2.22. The van der Waals surface area contributed by atoms with Crippen molar-refractivity contribution in [1.82, 2.24) is 0 Å². The molecule has 1 rings (SSSR count). The van der Waals surface area contributed by atoms with Crippen molar-refractivity contribution in [3.8, 4) is 5.75 Å². The van der Waals surface area contributed by atoms with Crippen molar-refractivity contribution in [2.24, 2.45) is 0 Å². The molecule has 0 radical (unpaired) electrons. The molecule has 0 aliphatic heterocycles. The minimum atomic E-state index is -1.05. The van der Waals surface area contributed by atoms with E-state index in [1.807, 2.05) is 13.8 Å². The predicted molar refractivity (Wildman–Crippen MR) is 79.8 cm³/mol. The van der Waals surface area contributed by atoms with Gasteiger partial charge in [0.1, 0.15) is 11.4 Å². The second-order valence-corrected chi connectivity index (χ2v) is 5.57. The van der Waals surface area contributed by atoms with Crippen LogP contribution in [0.4, 0.5) is 4.79 Å². The monoisotopic (exact) mass is 310 g/mol. The van der Waals surface area contributed by atoms with E-state index < -0.39 is 17.7 Å². The van der Waals surface area contributed by atoms with Crippen LogP contribution in [0.1, 0.15) is 56.8 Å². The first kappa shape index (κ1) is 18.0. The molecule has 0 fully saturated rings. The van der Waals surface area contributed by atoms with Crippen molar-refractivity contribution in [2.45, 2.75) is 52.1 Å². The van der Waals surface area contributed by atoms with Gasteiger partial charge in [0.15, 0.2) is 0 Å². The molecule has 0 saturated carbocycles. The van der Waals surface area contributed by atoms with Gasteiger partial charge in [-0.25, -0.2) is 9.59 Å². The molecule has 0 atom stereocenters. The number of carbonyl (C=O) groups excluding carboxylic acids is 1. The fourth-order valence-electron chi connectivity index (χ4n) is 1.77. The zero-order chi connectivity index (χ0) is 16.6. The first-order chi connectivity index (χ1) is 10.3. The van der Waals surface area contributed by atoms with Gasteiger partial charge in [-0.15, -0.1) is 0 Å². The Hall–Kier alpha value is -2.08. The Morgan fingerprint density at radius 2 is 1.77 bits per heavy atom. The number of carbonyl (C=O) groups is 2. The zero-order valence-electron chi connectivity index (χ0n) is 13.1. The van der Waals surface area contributed by atoms with E-state index in [-0.39, 0.29) is 11.3 Å². The first-order valence-corrected chi connectivity index (χ1v) is 7.25. The SMILES string of the molecule is CCCCCC(C)(C)OOC(=O)Oc1ccc(C(=O)O)cc1. The molecule has 0 spiro atoms. The van der Waals surface area contributed by atoms with E-state index >= 15 is 0 Å². The Bertz CT molecular complexity index is 492. The topological polar surface area (TPSA) is 82.1 Å². The third kappa shape index (κ3) is 6.58. The van der Waals surface area contributed by atoms with E-state index in [1.54, 1.807) is 0 Å². The molecule has 0 aliphatic rings. The smallest absolute Gasteiger partial charge is 0.478 e. The molecule has 0 unspecified atom stereocenters. The molecule has 0 bridgehead atoms. The minimum Gasteiger partial charge on any atom is -0.478 e. The van der Waals surface area contributed by atoms with Gasteiger partial charge in [0.05, 0.1) is 5.56 Å². The number of aromatic carboxylic acids is 1. The van der Waals surface area contributed by atoms with Crippen LogP contribution in [0.15, 0.2) is 24.3 Å². The molecule has 0 saturated heterocycles. The van der Waals surface area contributed by atoms with Gasteiger partial charge in [-0.2, -0.15) is 4.89 Å². The lowest BCUT2D eigenvalue weighted by Gasteiger charge is -2.22. The summed E-state index contributed by atoms with van der Waals surface area (Å²) in [7, 11) is 0. The number of hydrogen-bond donors (Lipinski definition) is 1. The third-order valence-electron chi connectivity index (χ3n) is 3.02. The molecule has 0 heterocycles. The maximum Gasteiger partial charge on any atom is 0.546 e. The van der Waals surface area contributed by atoms with E-state index in [2.05, 4.69) is 11.8 Å². The highest BCUT2D eigenvalue weighted by atomic mass is 17.2. The molecule has 1 N–H and O–H groups in total. The fraction of sp³-hybridized carbons (Fsp3) is 0.500. The second kappa shape index (κ2) is 8.38. The van der Waals surface area contributed by atoms with Crippen LogP contribution in [-0.2, 0) is 9.78 Å². The number of benzene rings is 1. The molecule has 0 aliphatic carbocycles. The number of ether oxygens (including phenoxy) is 1. The number of carboxylic acid groups (broad SMARTS) is 1. The van der Waals surface area contributed by atoms with E-state index in [0.29, 0.717) is 0 Å². The molecular weight excluding hydrogens is 288 g/mol. The molecule has 1 aromatic rings. The van der Waals surface area contributed by atoms with Crippen LogP contribution in [0.3, 0.4) is 0 Å². The number of hydrogen-bond acceptors (Lipinski definition) is 5. The quantitative estimate of drug-likeness (QED) is 0.255. The first-order valence-electron chi connectivity index (χ1n) is 7.25. The zero-order valence-corrected chi connectivity index (χ0v) is 13.1. The largest absolute Gasteiger partial charge is 0.546 e. The van der Waals surface area contributed by atoms with Crippen molar-refractivity contribution in [3.05, 3.63) is 29.8 Å². The van der Waals surface area contributed by atoms with E-state index in [4.69, 9.17) is 14.7 Å². The van der Waals surface area contributed by atoms with Crippen molar-refractivity contribution in [2.75, 3.05) is 0 Å². The van der Waals surface area contributed by atoms with Crippen molar-refractivity contribution in [1.29, 1.82) is 0 Å². The van der Waals surface area contributed by atoms with Crippen molar-refractivity contribution < 1.29 is 29.2 Å². The number of rotatable bonds is 8. The van der Waals surface area contributed by atoms with Crippen molar-refractivity contribution in [3.63, 3.8) is 0 Å². The van der Waals surface area contributed by atoms with Gasteiger partial charge in [0.2, 0.25) is 0 Å². The lowest BCUT2D eigenvalue weighted by atomic mass is 10.0. The van der Waals surface area contributed by atoms with Crippen LogP contribution in [0.5, 0.6) is 5.75 Å². The summed E-state index contributed by atoms with van der Waals surface area (Å²) in [5.41, 5.74) is -0.476. The fourth-order valence-corrected chi connectivity index (χ4v) is 1.77. The van der Waals surface area contributed by atoms with Crippen molar-refractivity contribution >= 4 is 12.1 Å². The maximum absolute atomic E-state index is 11.5. The Labute approximate surface area is 129 Å². The lowest BCUT2D eigenvalue weighted by Crippen LogP contribution is -2.27. The van der Waals surface area contributed by atoms with Crippen LogP contribution < -0.4 is 4.74 Å². The van der Waals surface area contributed by atoms with Crippen LogP contribution in [0, 0.1) is 0 Å². The van der Waals surface area contributed by atoms with E-state index in [9.17, 15) is 9.59 Å². The maximum atomic E-state index is 11.5. The Balaban J connectivity index is 2.41. The molecule has 0 amide bonds. The summed E-state index contributed by atoms with van der Waals surface area (Å²) < 4.78 is 4.89. The molecule has 6 nitrogen and oxygen atoms in total. The summed E-state index contributed by atoms with van der Waals surface area (Å²) in [6.45, 7) is 5.77. The molecule has 122 valence electrons. The summed E-state index contributed by atoms with van der Waals surface area (Å²) in [6.07, 6.45) is 2.95. The molecule has 1 aromatic carbocycles. The average molecular weight is 310 g/mol. The van der Waals surface area contributed by atoms with Gasteiger partial charge in [-0.3, -0.25) is 4.89 Å². The minimum absolute atomic E-state index is 0.106. The summed E-state index contributed by atoms with van der Waals surface area (Å²) in [4.78, 5) is 32.0. The van der Waals surface area contributed by atoms with Gasteiger partial charge in [-0.1, -0.05) is 26.2 Å². The summed E-state index contributed by atoms with van der Waals surface area (Å²) in [6, 6.07) is 5.41. The number of carboxylic acids is 1. The summed E-state index contributed by atoms with van der Waals surface area (Å²) in [5, 5.41) is 8.77. The van der Waals surface area contributed by atoms with Gasteiger partial charge in [0, 0.05) is 0 Å². The third-order valence-corrected chi connectivity index (χ3v) is 3.02. The van der Waals surface area contributed by atoms with Crippen LogP contribution in [0.2, 0.25) is 0 Å². The summed E-state index contributed by atoms with van der Waals surface area (Å²) >= 11 is 0. The van der Waals surface area contributed by atoms with Crippen LogP contribution >= 0.6 is 0 Å². The number of unbranched alkanes of at least 4 members (excludes halogenated alkanes) is 2. The molecule has 6 heteroatoms. The average Bonchev–Trinajstić information content (AvgIpc) is 2.46. The Morgan fingerprint density at radius 1 is 1.14 bits per heavy atom. The van der Waals surface area contributed by atoms with E-state index in [1.165, 1.54) is 24.3 Å². The van der Waals surface area contributed by atoms with Crippen LogP contribution in [-0.4, -0.2) is 22.8 Å². The predicted octanol–water partition coefficient (Wildman–Crippen LogP) is 4.19. The van der Waals surface area contributed by atoms with Crippen LogP contribution in [0.25, 0.3) is 0 Å². The lowest BCUT2D eigenvalue weighted by molar-refractivity contribution is -0.314. The molecule has 0 aromatic heterocycles. The van der Waals surface area contributed by atoms with Gasteiger partial charge in [-0.05, 0) is 44.5 Å². The molecule has 22 heavy (non-hydrogen) atoms. The Morgan fingerprint density at radius 3 is 2.32 bits per heavy atom. The van der Waals surface area contributed by atoms with Gasteiger partial charge >= 0.3 is 12.1 Å². The Kier molecular flexibility index (Phi) is 6.85. The highest BCUT2D eigenvalue weighted by molar-refractivity contribution is 5.87. The summed E-state index contributed by atoms with van der Waals surface area (Å²) in [5.74, 6) is -0.867. The highest BCUT2D eigenvalue weighted by Crippen LogP contribution is 2.20. The normalized spacial score (nSPS) is 11.0. The standard InChI is InChI=1S/C16H22O6/c1-4-5-6-11-16(2,3)22-21-15(19)20-13-9-7-12(8-10-13)14(17)18/h7-10H,4-6,11H2,1-3H3,(H,17,18). The second-order valence-electron chi connectivity index (χ2n) is 5.57. The molecular formula is C16H22O6. The van der Waals surface area contributed by atoms with E-state index in [0.717, 1.165) is 25.7 Å². The van der Waals surface area contributed by atoms with Gasteiger partial charge in [0.25, 0.3) is 0 Å².